The maximum absolute atomic E-state index is 12.0. The molecule has 0 unspecified atom stereocenters. The molecule has 6 nitrogen and oxygen atoms in total. The van der Waals surface area contributed by atoms with Crippen molar-refractivity contribution in [3.05, 3.63) is 23.8 Å². The Morgan fingerprint density at radius 1 is 1.37 bits per heavy atom. The van der Waals surface area contributed by atoms with E-state index in [-0.39, 0.29) is 10.6 Å². The Kier molecular flexibility index (Phi) is 5.17. The van der Waals surface area contributed by atoms with Crippen LogP contribution in [-0.2, 0) is 10.0 Å². The van der Waals surface area contributed by atoms with Crippen LogP contribution in [0.5, 0.6) is 0 Å². The van der Waals surface area contributed by atoms with E-state index in [4.69, 9.17) is 5.73 Å². The van der Waals surface area contributed by atoms with Crippen LogP contribution >= 0.6 is 0 Å². The minimum Gasteiger partial charge on any atom is -0.398 e. The topological polar surface area (TPSA) is 101 Å². The van der Waals surface area contributed by atoms with Crippen LogP contribution in [0.15, 0.2) is 23.1 Å². The van der Waals surface area contributed by atoms with E-state index in [1.54, 1.807) is 19.1 Å². The number of sulfonamides is 1. The molecule has 2 amide bonds. The molecule has 0 bridgehead atoms. The van der Waals surface area contributed by atoms with E-state index in [2.05, 4.69) is 5.32 Å². The van der Waals surface area contributed by atoms with E-state index in [0.29, 0.717) is 6.54 Å². The number of hydrogen-bond donors (Lipinski definition) is 3. The third kappa shape index (κ3) is 4.44. The zero-order valence-electron chi connectivity index (χ0n) is 11.1. The van der Waals surface area contributed by atoms with Crippen molar-refractivity contribution in [2.24, 2.45) is 0 Å². The van der Waals surface area contributed by atoms with Gasteiger partial charge in [-0.3, -0.25) is 0 Å². The van der Waals surface area contributed by atoms with Gasteiger partial charge in [0.25, 0.3) is 10.0 Å². The normalized spacial score (nSPS) is 11.1. The summed E-state index contributed by atoms with van der Waals surface area (Å²) in [6, 6.07) is 3.81. The Labute approximate surface area is 113 Å². The lowest BCUT2D eigenvalue weighted by molar-refractivity contribution is 0.245. The highest BCUT2D eigenvalue weighted by molar-refractivity contribution is 7.90. The second-order valence-electron chi connectivity index (χ2n) is 4.26. The summed E-state index contributed by atoms with van der Waals surface area (Å²) in [7, 11) is -3.93. The first-order valence-electron chi connectivity index (χ1n) is 6.03. The first kappa shape index (κ1) is 15.3. The smallest absolute Gasteiger partial charge is 0.328 e. The second kappa shape index (κ2) is 6.42. The van der Waals surface area contributed by atoms with Crippen LogP contribution < -0.4 is 15.8 Å². The molecule has 0 saturated carbocycles. The highest BCUT2D eigenvalue weighted by Gasteiger charge is 2.19. The van der Waals surface area contributed by atoms with Crippen LogP contribution in [0.4, 0.5) is 10.5 Å². The van der Waals surface area contributed by atoms with Crippen molar-refractivity contribution < 1.29 is 13.2 Å². The average Bonchev–Trinajstić information content (AvgIpc) is 2.27. The zero-order valence-corrected chi connectivity index (χ0v) is 11.9. The summed E-state index contributed by atoms with van der Waals surface area (Å²) in [5.74, 6) is 0. The number of anilines is 1. The van der Waals surface area contributed by atoms with Crippen molar-refractivity contribution in [1.29, 1.82) is 0 Å². The summed E-state index contributed by atoms with van der Waals surface area (Å²) in [5.41, 5.74) is 6.62. The predicted molar refractivity (Wildman–Crippen MR) is 74.2 cm³/mol. The van der Waals surface area contributed by atoms with Crippen molar-refractivity contribution in [3.8, 4) is 0 Å². The molecule has 0 aliphatic heterocycles. The standard InChI is InChI=1S/C12H19N3O3S/c1-3-4-7-14-12(16)15-19(17,18)11-6-5-9(2)8-10(11)13/h5-6,8H,3-4,7,13H2,1-2H3,(H2,14,15,16). The highest BCUT2D eigenvalue weighted by atomic mass is 32.2. The first-order valence-corrected chi connectivity index (χ1v) is 7.52. The van der Waals surface area contributed by atoms with Crippen LogP contribution in [0.1, 0.15) is 25.3 Å². The molecule has 0 aromatic heterocycles. The maximum Gasteiger partial charge on any atom is 0.328 e. The molecule has 1 aromatic rings. The molecular formula is C12H19N3O3S. The van der Waals surface area contributed by atoms with Gasteiger partial charge in [0.05, 0.1) is 5.69 Å². The van der Waals surface area contributed by atoms with E-state index in [1.807, 2.05) is 11.6 Å². The van der Waals surface area contributed by atoms with Gasteiger partial charge in [-0.25, -0.2) is 17.9 Å². The predicted octanol–water partition coefficient (Wildman–Crippen LogP) is 1.37. The van der Waals surface area contributed by atoms with E-state index in [1.165, 1.54) is 6.07 Å². The Morgan fingerprint density at radius 3 is 2.63 bits per heavy atom. The van der Waals surface area contributed by atoms with E-state index < -0.39 is 16.1 Å². The number of carbonyl (C=O) groups is 1. The van der Waals surface area contributed by atoms with Crippen LogP contribution in [0.2, 0.25) is 0 Å². The molecule has 0 heterocycles. The minimum absolute atomic E-state index is 0.0938. The Morgan fingerprint density at radius 2 is 2.05 bits per heavy atom. The second-order valence-corrected chi connectivity index (χ2v) is 5.91. The molecule has 0 aliphatic rings. The molecule has 0 fully saturated rings. The monoisotopic (exact) mass is 285 g/mol. The molecule has 0 atom stereocenters. The van der Waals surface area contributed by atoms with Crippen LogP contribution in [0, 0.1) is 6.92 Å². The largest absolute Gasteiger partial charge is 0.398 e. The molecule has 0 radical (unpaired) electrons. The molecular weight excluding hydrogens is 266 g/mol. The SMILES string of the molecule is CCCCNC(=O)NS(=O)(=O)c1ccc(C)cc1N. The van der Waals surface area contributed by atoms with Gasteiger partial charge in [0.15, 0.2) is 0 Å². The Hall–Kier alpha value is -1.76. The van der Waals surface area contributed by atoms with Gasteiger partial charge in [-0.2, -0.15) is 0 Å². The Balaban J connectivity index is 2.78. The van der Waals surface area contributed by atoms with Gasteiger partial charge in [0, 0.05) is 6.54 Å². The summed E-state index contributed by atoms with van der Waals surface area (Å²) in [6.45, 7) is 4.21. The fourth-order valence-corrected chi connectivity index (χ4v) is 2.55. The van der Waals surface area contributed by atoms with Crippen molar-refractivity contribution in [2.45, 2.75) is 31.6 Å². The number of unbranched alkanes of at least 4 members (excludes halogenated alkanes) is 1. The summed E-state index contributed by atoms with van der Waals surface area (Å²) in [5, 5.41) is 2.47. The first-order chi connectivity index (χ1) is 8.86. The highest BCUT2D eigenvalue weighted by Crippen LogP contribution is 2.18. The number of urea groups is 1. The summed E-state index contributed by atoms with van der Waals surface area (Å²) >= 11 is 0. The van der Waals surface area contributed by atoms with Crippen molar-refractivity contribution in [3.63, 3.8) is 0 Å². The van der Waals surface area contributed by atoms with Gasteiger partial charge in [-0.1, -0.05) is 19.4 Å². The lowest BCUT2D eigenvalue weighted by atomic mass is 10.2. The number of benzene rings is 1. The number of hydrogen-bond acceptors (Lipinski definition) is 4. The summed E-state index contributed by atoms with van der Waals surface area (Å²) in [6.07, 6.45) is 1.71. The molecule has 7 heteroatoms. The van der Waals surface area contributed by atoms with E-state index >= 15 is 0 Å². The fraction of sp³-hybridized carbons (Fsp3) is 0.417. The van der Waals surface area contributed by atoms with Gasteiger partial charge >= 0.3 is 6.03 Å². The summed E-state index contributed by atoms with van der Waals surface area (Å²) < 4.78 is 25.8. The van der Waals surface area contributed by atoms with E-state index in [9.17, 15) is 13.2 Å². The third-order valence-corrected chi connectivity index (χ3v) is 3.90. The third-order valence-electron chi connectivity index (χ3n) is 2.50. The quantitative estimate of drug-likeness (QED) is 0.561. The van der Waals surface area contributed by atoms with E-state index in [0.717, 1.165) is 18.4 Å². The zero-order chi connectivity index (χ0) is 14.5. The number of nitrogens with two attached hydrogens (primary N) is 1. The molecule has 0 saturated heterocycles. The lowest BCUT2D eigenvalue weighted by Crippen LogP contribution is -2.39. The number of carbonyl (C=O) groups excluding carboxylic acids is 1. The molecule has 1 aromatic carbocycles. The molecule has 4 N–H and O–H groups in total. The van der Waals surface area contributed by atoms with Crippen molar-refractivity contribution >= 4 is 21.7 Å². The maximum atomic E-state index is 12.0. The van der Waals surface area contributed by atoms with Crippen LogP contribution in [-0.4, -0.2) is 21.0 Å². The van der Waals surface area contributed by atoms with Crippen LogP contribution in [0.3, 0.4) is 0 Å². The number of rotatable bonds is 5. The number of aryl methyl sites for hydroxylation is 1. The van der Waals surface area contributed by atoms with Crippen LogP contribution in [0.25, 0.3) is 0 Å². The molecule has 0 spiro atoms. The summed E-state index contributed by atoms with van der Waals surface area (Å²) in [4.78, 5) is 11.3. The minimum atomic E-state index is -3.93. The molecule has 106 valence electrons. The van der Waals surface area contributed by atoms with Gasteiger partial charge in [0.1, 0.15) is 4.90 Å². The van der Waals surface area contributed by atoms with Gasteiger partial charge in [-0.05, 0) is 31.0 Å². The Bertz CT molecular complexity index is 555. The number of amides is 2. The average molecular weight is 285 g/mol. The number of nitrogen functional groups attached to an aromatic ring is 1. The van der Waals surface area contributed by atoms with Crippen molar-refractivity contribution in [2.75, 3.05) is 12.3 Å². The lowest BCUT2D eigenvalue weighted by Gasteiger charge is -2.10. The van der Waals surface area contributed by atoms with Gasteiger partial charge < -0.3 is 11.1 Å². The molecule has 1 rings (SSSR count). The number of nitrogens with one attached hydrogen (secondary N) is 2. The molecule has 19 heavy (non-hydrogen) atoms. The van der Waals surface area contributed by atoms with Gasteiger partial charge in [-0.15, -0.1) is 0 Å². The molecule has 0 aliphatic carbocycles. The van der Waals surface area contributed by atoms with Gasteiger partial charge in [0.2, 0.25) is 0 Å². The fourth-order valence-electron chi connectivity index (χ4n) is 1.50. The van der Waals surface area contributed by atoms with Crippen molar-refractivity contribution in [1.82, 2.24) is 10.0 Å².